The molecule has 1 atom stereocenters. The first-order valence-corrected chi connectivity index (χ1v) is 10.1. The highest BCUT2D eigenvalue weighted by molar-refractivity contribution is 6.04. The molecule has 0 aliphatic carbocycles. The topological polar surface area (TPSA) is 82.8 Å². The maximum Gasteiger partial charge on any atom is 0.256 e. The molecule has 1 aliphatic heterocycles. The summed E-state index contributed by atoms with van der Waals surface area (Å²) >= 11 is 0. The summed E-state index contributed by atoms with van der Waals surface area (Å²) in [6.45, 7) is 6.62. The second-order valence-electron chi connectivity index (χ2n) is 8.23. The summed E-state index contributed by atoms with van der Waals surface area (Å²) in [5, 5.41) is 17.4. The molecular weight excluding hydrogens is 366 g/mol. The SMILES string of the molecule is CC1CCCCN1c1cc(NC(=O)c2ccc(C(C)(C)O)cc2)nc2ccnn12. The molecule has 152 valence electrons. The van der Waals surface area contributed by atoms with E-state index in [4.69, 9.17) is 0 Å². The zero-order valence-electron chi connectivity index (χ0n) is 17.1. The van der Waals surface area contributed by atoms with Gasteiger partial charge in [0.15, 0.2) is 5.65 Å². The Hall–Kier alpha value is -2.93. The van der Waals surface area contributed by atoms with Crippen LogP contribution >= 0.6 is 0 Å². The number of carbonyl (C=O) groups is 1. The van der Waals surface area contributed by atoms with Gasteiger partial charge < -0.3 is 15.3 Å². The van der Waals surface area contributed by atoms with E-state index in [-0.39, 0.29) is 5.91 Å². The number of piperidine rings is 1. The predicted molar refractivity (Wildman–Crippen MR) is 113 cm³/mol. The standard InChI is InChI=1S/C22H27N5O2/c1-15-6-4-5-13-26(15)20-14-18(24-19-11-12-23-27(19)20)25-21(28)16-7-9-17(10-8-16)22(2,3)29/h7-12,14-15,29H,4-6,13H2,1-3H3,(H,24,25,28). The predicted octanol–water partition coefficient (Wildman–Crippen LogP) is 3.59. The molecule has 2 aromatic heterocycles. The van der Waals surface area contributed by atoms with Crippen LogP contribution in [0, 0.1) is 0 Å². The molecule has 0 bridgehead atoms. The Labute approximate surface area is 170 Å². The van der Waals surface area contributed by atoms with E-state index < -0.39 is 5.60 Å². The van der Waals surface area contributed by atoms with Crippen molar-refractivity contribution >= 4 is 23.2 Å². The molecular formula is C22H27N5O2. The number of nitrogens with one attached hydrogen (secondary N) is 1. The monoisotopic (exact) mass is 393 g/mol. The van der Waals surface area contributed by atoms with Crippen LogP contribution in [-0.2, 0) is 5.60 Å². The van der Waals surface area contributed by atoms with Crippen LogP contribution < -0.4 is 10.2 Å². The quantitative estimate of drug-likeness (QED) is 0.708. The molecule has 1 amide bonds. The molecule has 4 rings (SSSR count). The van der Waals surface area contributed by atoms with Gasteiger partial charge in [-0.25, -0.2) is 4.98 Å². The lowest BCUT2D eigenvalue weighted by atomic mass is 9.97. The lowest BCUT2D eigenvalue weighted by Gasteiger charge is -2.35. The molecule has 0 spiro atoms. The zero-order chi connectivity index (χ0) is 20.6. The van der Waals surface area contributed by atoms with Gasteiger partial charge in [0.05, 0.1) is 11.8 Å². The molecule has 1 aromatic carbocycles. The molecule has 7 nitrogen and oxygen atoms in total. The van der Waals surface area contributed by atoms with Crippen molar-refractivity contribution < 1.29 is 9.90 Å². The molecule has 3 heterocycles. The van der Waals surface area contributed by atoms with Crippen LogP contribution in [0.1, 0.15) is 56.0 Å². The minimum atomic E-state index is -0.941. The van der Waals surface area contributed by atoms with Gasteiger partial charge in [0.2, 0.25) is 0 Å². The van der Waals surface area contributed by atoms with Gasteiger partial charge in [0, 0.05) is 30.3 Å². The number of fused-ring (bicyclic) bond motifs is 1. The maximum absolute atomic E-state index is 12.8. The zero-order valence-corrected chi connectivity index (χ0v) is 17.1. The fraction of sp³-hybridized carbons (Fsp3) is 0.409. The van der Waals surface area contributed by atoms with E-state index >= 15 is 0 Å². The number of nitrogens with zero attached hydrogens (tertiary/aromatic N) is 4. The van der Waals surface area contributed by atoms with Gasteiger partial charge in [-0.3, -0.25) is 4.79 Å². The molecule has 1 fully saturated rings. The highest BCUT2D eigenvalue weighted by atomic mass is 16.3. The lowest BCUT2D eigenvalue weighted by molar-refractivity contribution is 0.0785. The third-order valence-corrected chi connectivity index (χ3v) is 5.53. The highest BCUT2D eigenvalue weighted by Gasteiger charge is 2.23. The van der Waals surface area contributed by atoms with Crippen molar-refractivity contribution in [1.29, 1.82) is 0 Å². The second-order valence-corrected chi connectivity index (χ2v) is 8.23. The Bertz CT molecular complexity index is 1020. The van der Waals surface area contributed by atoms with Crippen LogP contribution in [0.4, 0.5) is 11.6 Å². The van der Waals surface area contributed by atoms with Crippen molar-refractivity contribution in [2.45, 2.75) is 51.7 Å². The fourth-order valence-electron chi connectivity index (χ4n) is 3.82. The van der Waals surface area contributed by atoms with Crippen LogP contribution in [0.15, 0.2) is 42.6 Å². The molecule has 3 aromatic rings. The van der Waals surface area contributed by atoms with Gasteiger partial charge in [-0.05, 0) is 57.7 Å². The van der Waals surface area contributed by atoms with Gasteiger partial charge in [0.1, 0.15) is 11.6 Å². The summed E-state index contributed by atoms with van der Waals surface area (Å²) in [6, 6.07) is 11.1. The lowest BCUT2D eigenvalue weighted by Crippen LogP contribution is -2.38. The normalized spacial score (nSPS) is 17.5. The van der Waals surface area contributed by atoms with E-state index in [0.717, 1.165) is 30.8 Å². The van der Waals surface area contributed by atoms with E-state index in [1.54, 1.807) is 44.3 Å². The first-order valence-electron chi connectivity index (χ1n) is 10.1. The van der Waals surface area contributed by atoms with Crippen molar-refractivity contribution in [3.63, 3.8) is 0 Å². The van der Waals surface area contributed by atoms with Gasteiger partial charge in [-0.15, -0.1) is 0 Å². The number of rotatable bonds is 4. The van der Waals surface area contributed by atoms with Crippen molar-refractivity contribution in [2.75, 3.05) is 16.8 Å². The summed E-state index contributed by atoms with van der Waals surface area (Å²) < 4.78 is 1.83. The summed E-state index contributed by atoms with van der Waals surface area (Å²) in [6.07, 6.45) is 5.24. The number of hydrogen-bond acceptors (Lipinski definition) is 5. The van der Waals surface area contributed by atoms with Crippen LogP contribution in [0.5, 0.6) is 0 Å². The van der Waals surface area contributed by atoms with Crippen molar-refractivity contribution in [3.8, 4) is 0 Å². The van der Waals surface area contributed by atoms with Crippen molar-refractivity contribution in [3.05, 3.63) is 53.7 Å². The van der Waals surface area contributed by atoms with Crippen molar-refractivity contribution in [2.24, 2.45) is 0 Å². The third-order valence-electron chi connectivity index (χ3n) is 5.53. The molecule has 0 saturated carbocycles. The minimum absolute atomic E-state index is 0.235. The number of benzene rings is 1. The van der Waals surface area contributed by atoms with E-state index in [2.05, 4.69) is 27.2 Å². The van der Waals surface area contributed by atoms with Crippen LogP contribution in [0.2, 0.25) is 0 Å². The second kappa shape index (κ2) is 7.48. The average Bonchev–Trinajstić information content (AvgIpc) is 3.16. The Morgan fingerprint density at radius 3 is 2.66 bits per heavy atom. The first-order chi connectivity index (χ1) is 13.8. The van der Waals surface area contributed by atoms with Crippen LogP contribution in [-0.4, -0.2) is 38.2 Å². The van der Waals surface area contributed by atoms with Crippen molar-refractivity contribution in [1.82, 2.24) is 14.6 Å². The fourth-order valence-corrected chi connectivity index (χ4v) is 3.82. The third kappa shape index (κ3) is 3.96. The van der Waals surface area contributed by atoms with E-state index in [1.807, 2.05) is 16.6 Å². The Morgan fingerprint density at radius 1 is 1.21 bits per heavy atom. The smallest absolute Gasteiger partial charge is 0.256 e. The molecule has 1 unspecified atom stereocenters. The number of carbonyl (C=O) groups excluding carboxylic acids is 1. The van der Waals surface area contributed by atoms with Crippen LogP contribution in [0.25, 0.3) is 5.65 Å². The number of anilines is 2. The minimum Gasteiger partial charge on any atom is -0.386 e. The summed E-state index contributed by atoms with van der Waals surface area (Å²) in [4.78, 5) is 19.6. The maximum atomic E-state index is 12.8. The Morgan fingerprint density at radius 2 is 1.97 bits per heavy atom. The van der Waals surface area contributed by atoms with Gasteiger partial charge >= 0.3 is 0 Å². The molecule has 0 radical (unpaired) electrons. The van der Waals surface area contributed by atoms with Gasteiger partial charge in [-0.1, -0.05) is 12.1 Å². The average molecular weight is 393 g/mol. The largest absolute Gasteiger partial charge is 0.386 e. The number of aliphatic hydroxyl groups is 1. The first kappa shape index (κ1) is 19.4. The molecule has 29 heavy (non-hydrogen) atoms. The van der Waals surface area contributed by atoms with Gasteiger partial charge in [0.25, 0.3) is 5.91 Å². The molecule has 1 saturated heterocycles. The Kier molecular flexibility index (Phi) is 5.00. The molecule has 7 heteroatoms. The van der Waals surface area contributed by atoms with E-state index in [1.165, 1.54) is 6.42 Å². The Balaban J connectivity index is 1.62. The molecule has 1 aliphatic rings. The highest BCUT2D eigenvalue weighted by Crippen LogP contribution is 2.27. The summed E-state index contributed by atoms with van der Waals surface area (Å²) in [5.41, 5.74) is 1.03. The number of amides is 1. The number of aromatic nitrogens is 3. The van der Waals surface area contributed by atoms with E-state index in [9.17, 15) is 9.90 Å². The van der Waals surface area contributed by atoms with E-state index in [0.29, 0.717) is 23.1 Å². The summed E-state index contributed by atoms with van der Waals surface area (Å²) in [5.74, 6) is 1.21. The number of hydrogen-bond donors (Lipinski definition) is 2. The van der Waals surface area contributed by atoms with Crippen LogP contribution in [0.3, 0.4) is 0 Å². The van der Waals surface area contributed by atoms with Gasteiger partial charge in [-0.2, -0.15) is 9.61 Å². The molecule has 2 N–H and O–H groups in total. The summed E-state index contributed by atoms with van der Waals surface area (Å²) in [7, 11) is 0.